The van der Waals surface area contributed by atoms with Gasteiger partial charge in [0.2, 0.25) is 5.91 Å². The summed E-state index contributed by atoms with van der Waals surface area (Å²) in [5.74, 6) is 1.13. The van der Waals surface area contributed by atoms with E-state index in [0.29, 0.717) is 6.54 Å². The molecule has 0 radical (unpaired) electrons. The molecular weight excluding hydrogens is 292 g/mol. The molecule has 1 aliphatic carbocycles. The van der Waals surface area contributed by atoms with E-state index in [0.717, 1.165) is 31.8 Å². The molecule has 1 aliphatic heterocycles. The minimum Gasteiger partial charge on any atom is -0.368 e. The van der Waals surface area contributed by atoms with E-state index in [2.05, 4.69) is 16.9 Å². The average molecular weight is 320 g/mol. The summed E-state index contributed by atoms with van der Waals surface area (Å²) >= 11 is 0. The molecule has 6 nitrogen and oxygen atoms in total. The number of likely N-dealkylation sites (N-methyl/N-ethyl adjacent to an activating group) is 1. The lowest BCUT2D eigenvalue weighted by molar-refractivity contribution is -0.141. The van der Waals surface area contributed by atoms with Crippen molar-refractivity contribution in [2.24, 2.45) is 7.05 Å². The molecule has 1 saturated carbocycles. The number of ether oxygens (including phenoxy) is 1. The highest BCUT2D eigenvalue weighted by atomic mass is 16.5. The van der Waals surface area contributed by atoms with E-state index >= 15 is 0 Å². The van der Waals surface area contributed by atoms with Gasteiger partial charge < -0.3 is 14.2 Å². The molecule has 2 fully saturated rings. The van der Waals surface area contributed by atoms with Crippen LogP contribution in [0.3, 0.4) is 0 Å². The van der Waals surface area contributed by atoms with Crippen molar-refractivity contribution in [2.75, 3.05) is 33.3 Å². The van der Waals surface area contributed by atoms with Gasteiger partial charge in [0, 0.05) is 39.1 Å². The molecule has 0 spiro atoms. The van der Waals surface area contributed by atoms with Gasteiger partial charge in [0.1, 0.15) is 12.4 Å². The first-order valence-corrected chi connectivity index (χ1v) is 8.72. The summed E-state index contributed by atoms with van der Waals surface area (Å²) in [6.07, 6.45) is 10.0. The third-order valence-electron chi connectivity index (χ3n) is 5.15. The average Bonchev–Trinajstić information content (AvgIpc) is 3.00. The Bertz CT molecular complexity index is 524. The van der Waals surface area contributed by atoms with Crippen LogP contribution < -0.4 is 0 Å². The molecule has 23 heavy (non-hydrogen) atoms. The molecule has 6 heteroatoms. The predicted octanol–water partition coefficient (Wildman–Crippen LogP) is 1.58. The van der Waals surface area contributed by atoms with Crippen molar-refractivity contribution in [2.45, 2.75) is 44.2 Å². The zero-order chi connectivity index (χ0) is 16.2. The van der Waals surface area contributed by atoms with Gasteiger partial charge in [-0.1, -0.05) is 19.3 Å². The minimum atomic E-state index is 0.114. The number of rotatable bonds is 4. The summed E-state index contributed by atoms with van der Waals surface area (Å²) in [6.45, 7) is 2.55. The molecule has 0 aromatic carbocycles. The maximum Gasteiger partial charge on any atom is 0.248 e. The summed E-state index contributed by atoms with van der Waals surface area (Å²) in [7, 11) is 4.10. The third-order valence-corrected chi connectivity index (χ3v) is 5.15. The Morgan fingerprint density at radius 1 is 1.26 bits per heavy atom. The van der Waals surface area contributed by atoms with E-state index < -0.39 is 0 Å². The first-order chi connectivity index (χ1) is 11.1. The zero-order valence-corrected chi connectivity index (χ0v) is 14.3. The number of nitrogens with zero attached hydrogens (tertiary/aromatic N) is 4. The maximum absolute atomic E-state index is 12.5. The standard InChI is InChI=1S/C17H28N4O2/c1-19-10-11-21(12-15(19)17-18-8-9-20(17)2)16(22)13-23-14-6-4-3-5-7-14/h8-9,14-15H,3-7,10-13H2,1-2H3/t15-/m0/s1. The van der Waals surface area contributed by atoms with E-state index in [1.807, 2.05) is 28.9 Å². The molecule has 0 unspecified atom stereocenters. The quantitative estimate of drug-likeness (QED) is 0.845. The fraction of sp³-hybridized carbons (Fsp3) is 0.765. The molecule has 1 aromatic heterocycles. The molecule has 3 rings (SSSR count). The highest BCUT2D eigenvalue weighted by Gasteiger charge is 2.31. The fourth-order valence-corrected chi connectivity index (χ4v) is 3.59. The van der Waals surface area contributed by atoms with Crippen LogP contribution in [0.25, 0.3) is 0 Å². The predicted molar refractivity (Wildman–Crippen MR) is 88.0 cm³/mol. The second-order valence-electron chi connectivity index (χ2n) is 6.80. The largest absolute Gasteiger partial charge is 0.368 e. The Morgan fingerprint density at radius 2 is 2.04 bits per heavy atom. The first-order valence-electron chi connectivity index (χ1n) is 8.72. The second kappa shape index (κ2) is 7.45. The lowest BCUT2D eigenvalue weighted by Gasteiger charge is -2.39. The Hall–Kier alpha value is -1.40. The molecule has 0 N–H and O–H groups in total. The van der Waals surface area contributed by atoms with Crippen molar-refractivity contribution < 1.29 is 9.53 Å². The summed E-state index contributed by atoms with van der Waals surface area (Å²) in [5.41, 5.74) is 0. The van der Waals surface area contributed by atoms with E-state index in [1.165, 1.54) is 19.3 Å². The van der Waals surface area contributed by atoms with Crippen molar-refractivity contribution >= 4 is 5.91 Å². The number of aromatic nitrogens is 2. The van der Waals surface area contributed by atoms with Crippen LogP contribution in [0.2, 0.25) is 0 Å². The Labute approximate surface area is 138 Å². The summed E-state index contributed by atoms with van der Waals surface area (Å²) in [4.78, 5) is 21.2. The molecule has 2 heterocycles. The number of hydrogen-bond acceptors (Lipinski definition) is 4. The van der Waals surface area contributed by atoms with Gasteiger partial charge in [-0.25, -0.2) is 4.98 Å². The van der Waals surface area contributed by atoms with Crippen LogP contribution in [0.15, 0.2) is 12.4 Å². The minimum absolute atomic E-state index is 0.114. The molecule has 1 amide bonds. The van der Waals surface area contributed by atoms with Crippen LogP contribution in [0.5, 0.6) is 0 Å². The summed E-state index contributed by atoms with van der Waals surface area (Å²) < 4.78 is 7.88. The lowest BCUT2D eigenvalue weighted by atomic mass is 9.98. The van der Waals surface area contributed by atoms with Gasteiger partial charge in [0.25, 0.3) is 0 Å². The zero-order valence-electron chi connectivity index (χ0n) is 14.3. The Balaban J connectivity index is 1.55. The van der Waals surface area contributed by atoms with Gasteiger partial charge in [-0.3, -0.25) is 9.69 Å². The van der Waals surface area contributed by atoms with E-state index in [1.54, 1.807) is 0 Å². The Kier molecular flexibility index (Phi) is 5.33. The molecule has 2 aliphatic rings. The van der Waals surface area contributed by atoms with E-state index in [-0.39, 0.29) is 24.7 Å². The highest BCUT2D eigenvalue weighted by molar-refractivity contribution is 5.77. The van der Waals surface area contributed by atoms with Crippen LogP contribution in [0.4, 0.5) is 0 Å². The molecule has 1 saturated heterocycles. The molecule has 0 bridgehead atoms. The van der Waals surface area contributed by atoms with Crippen LogP contribution in [0, 0.1) is 0 Å². The summed E-state index contributed by atoms with van der Waals surface area (Å²) in [5, 5.41) is 0. The second-order valence-corrected chi connectivity index (χ2v) is 6.80. The van der Waals surface area contributed by atoms with E-state index in [9.17, 15) is 4.79 Å². The van der Waals surface area contributed by atoms with Crippen molar-refractivity contribution in [3.63, 3.8) is 0 Å². The van der Waals surface area contributed by atoms with Crippen LogP contribution in [-0.4, -0.2) is 64.7 Å². The monoisotopic (exact) mass is 320 g/mol. The van der Waals surface area contributed by atoms with Crippen molar-refractivity contribution in [1.82, 2.24) is 19.4 Å². The number of hydrogen-bond donors (Lipinski definition) is 0. The summed E-state index contributed by atoms with van der Waals surface area (Å²) in [6, 6.07) is 0.155. The molecule has 128 valence electrons. The fourth-order valence-electron chi connectivity index (χ4n) is 3.59. The van der Waals surface area contributed by atoms with Gasteiger partial charge in [-0.2, -0.15) is 0 Å². The van der Waals surface area contributed by atoms with Crippen LogP contribution in [0.1, 0.15) is 44.0 Å². The smallest absolute Gasteiger partial charge is 0.248 e. The number of carbonyl (C=O) groups is 1. The van der Waals surface area contributed by atoms with Crippen molar-refractivity contribution in [1.29, 1.82) is 0 Å². The van der Waals surface area contributed by atoms with Gasteiger partial charge >= 0.3 is 0 Å². The maximum atomic E-state index is 12.5. The normalized spacial score (nSPS) is 24.1. The Morgan fingerprint density at radius 3 is 2.74 bits per heavy atom. The van der Waals surface area contributed by atoms with Gasteiger partial charge in [-0.15, -0.1) is 0 Å². The number of imidazole rings is 1. The SMILES string of the molecule is CN1CCN(C(=O)COC2CCCCC2)C[C@H]1c1nccn1C. The van der Waals surface area contributed by atoms with Crippen molar-refractivity contribution in [3.05, 3.63) is 18.2 Å². The van der Waals surface area contributed by atoms with E-state index in [4.69, 9.17) is 4.74 Å². The number of amides is 1. The van der Waals surface area contributed by atoms with Crippen molar-refractivity contribution in [3.8, 4) is 0 Å². The van der Waals surface area contributed by atoms with Gasteiger partial charge in [0.15, 0.2) is 0 Å². The molecule has 1 atom stereocenters. The lowest BCUT2D eigenvalue weighted by Crippen LogP contribution is -2.50. The van der Waals surface area contributed by atoms with Crippen LogP contribution >= 0.6 is 0 Å². The highest BCUT2D eigenvalue weighted by Crippen LogP contribution is 2.23. The van der Waals surface area contributed by atoms with Gasteiger partial charge in [0.05, 0.1) is 12.1 Å². The number of carbonyl (C=O) groups excluding carboxylic acids is 1. The molecule has 1 aromatic rings. The van der Waals surface area contributed by atoms with Crippen LogP contribution in [-0.2, 0) is 16.6 Å². The number of aryl methyl sites for hydroxylation is 1. The van der Waals surface area contributed by atoms with Gasteiger partial charge in [-0.05, 0) is 19.9 Å². The first kappa shape index (κ1) is 16.5. The third kappa shape index (κ3) is 3.93. The topological polar surface area (TPSA) is 50.6 Å². The number of piperazine rings is 1. The molecular formula is C17H28N4O2.